The molecule has 0 unspecified atom stereocenters. The molecule has 0 saturated heterocycles. The number of fused-ring (bicyclic) bond motifs is 2. The lowest BCUT2D eigenvalue weighted by molar-refractivity contribution is -0.139. The van der Waals surface area contributed by atoms with E-state index in [0.717, 1.165) is 15.2 Å². The third-order valence-corrected chi connectivity index (χ3v) is 5.29. The summed E-state index contributed by atoms with van der Waals surface area (Å²) in [5.74, 6) is -0.204. The van der Waals surface area contributed by atoms with E-state index in [1.54, 1.807) is 17.5 Å². The number of ether oxygens (including phenoxy) is 1. The summed E-state index contributed by atoms with van der Waals surface area (Å²) < 4.78 is 6.74. The molecule has 4 rings (SSSR count). The maximum Gasteiger partial charge on any atom is 0.331 e. The summed E-state index contributed by atoms with van der Waals surface area (Å²) in [6, 6.07) is 9.52. The van der Waals surface area contributed by atoms with E-state index >= 15 is 0 Å². The van der Waals surface area contributed by atoms with Crippen molar-refractivity contribution in [3.8, 4) is 0 Å². The molecule has 8 heteroatoms. The van der Waals surface area contributed by atoms with Gasteiger partial charge in [-0.3, -0.25) is 4.79 Å². The highest BCUT2D eigenvalue weighted by atomic mass is 32.1. The number of thiophene rings is 1. The Morgan fingerprint density at radius 2 is 2.08 bits per heavy atom. The van der Waals surface area contributed by atoms with Crippen molar-refractivity contribution < 1.29 is 9.53 Å². The van der Waals surface area contributed by atoms with Gasteiger partial charge in [0.1, 0.15) is 22.1 Å². The van der Waals surface area contributed by atoms with Gasteiger partial charge in [0.25, 0.3) is 5.56 Å². The second-order valence-corrected chi connectivity index (χ2v) is 7.09. The molecule has 4 aromatic rings. The molecule has 0 saturated carbocycles. The number of para-hydroxylation sites is 1. The molecule has 6 nitrogen and oxygen atoms in total. The molecule has 1 aromatic carbocycles. The zero-order valence-corrected chi connectivity index (χ0v) is 14.4. The predicted molar refractivity (Wildman–Crippen MR) is 98.7 cm³/mol. The number of rotatable bonds is 4. The number of carbonyl (C=O) groups excluding carboxylic acids is 1. The number of aromatic nitrogens is 3. The quantitative estimate of drug-likeness (QED) is 0.440. The number of esters is 1. The molecule has 124 valence electrons. The number of nitrogens with zero attached hydrogens (tertiary/aromatic N) is 2. The van der Waals surface area contributed by atoms with Crippen LogP contribution in [0.2, 0.25) is 0 Å². The van der Waals surface area contributed by atoms with Gasteiger partial charge in [-0.05, 0) is 29.7 Å². The second kappa shape index (κ2) is 6.58. The Balaban J connectivity index is 1.43. The summed E-state index contributed by atoms with van der Waals surface area (Å²) in [6.07, 6.45) is 2.93. The van der Waals surface area contributed by atoms with Crippen molar-refractivity contribution in [3.05, 3.63) is 63.0 Å². The van der Waals surface area contributed by atoms with Crippen LogP contribution in [0.5, 0.6) is 0 Å². The van der Waals surface area contributed by atoms with Gasteiger partial charge >= 0.3 is 5.97 Å². The van der Waals surface area contributed by atoms with Gasteiger partial charge in [-0.1, -0.05) is 12.1 Å². The average molecular weight is 369 g/mol. The topological polar surface area (TPSA) is 84.9 Å². The van der Waals surface area contributed by atoms with Crippen LogP contribution in [0, 0.1) is 0 Å². The van der Waals surface area contributed by atoms with Crippen molar-refractivity contribution >= 4 is 55.2 Å². The maximum atomic E-state index is 11.9. The summed E-state index contributed by atoms with van der Waals surface area (Å²) in [4.78, 5) is 35.0. The van der Waals surface area contributed by atoms with E-state index in [1.807, 2.05) is 24.3 Å². The minimum absolute atomic E-state index is 0.0932. The monoisotopic (exact) mass is 369 g/mol. The molecule has 1 N–H and O–H groups in total. The lowest BCUT2D eigenvalue weighted by Gasteiger charge is -2.01. The van der Waals surface area contributed by atoms with Crippen LogP contribution in [-0.4, -0.2) is 20.9 Å². The Hall–Kier alpha value is -2.84. The zero-order chi connectivity index (χ0) is 17.2. The Morgan fingerprint density at radius 3 is 2.96 bits per heavy atom. The van der Waals surface area contributed by atoms with Gasteiger partial charge in [-0.2, -0.15) is 0 Å². The summed E-state index contributed by atoms with van der Waals surface area (Å²) in [5, 5.41) is 2.52. The molecular weight excluding hydrogens is 358 g/mol. The molecule has 25 heavy (non-hydrogen) atoms. The highest BCUT2D eigenvalue weighted by Gasteiger charge is 2.07. The average Bonchev–Trinajstić information content (AvgIpc) is 3.24. The molecule has 0 fully saturated rings. The highest BCUT2D eigenvalue weighted by Crippen LogP contribution is 2.22. The minimum Gasteiger partial charge on any atom is -0.454 e. The molecule has 0 amide bonds. The Kier molecular flexibility index (Phi) is 4.12. The van der Waals surface area contributed by atoms with Gasteiger partial charge in [0, 0.05) is 6.08 Å². The first-order valence-electron chi connectivity index (χ1n) is 7.36. The minimum atomic E-state index is -0.521. The fraction of sp³-hybridized carbons (Fsp3) is 0.0588. The van der Waals surface area contributed by atoms with Crippen LogP contribution < -0.4 is 5.56 Å². The molecule has 0 radical (unpaired) electrons. The number of carbonyl (C=O) groups is 1. The molecule has 0 aliphatic heterocycles. The molecule has 0 atom stereocenters. The van der Waals surface area contributed by atoms with Gasteiger partial charge in [-0.25, -0.2) is 14.8 Å². The predicted octanol–water partition coefficient (Wildman–Crippen LogP) is 3.35. The van der Waals surface area contributed by atoms with Crippen LogP contribution >= 0.6 is 22.7 Å². The van der Waals surface area contributed by atoms with Crippen LogP contribution in [0.1, 0.15) is 10.8 Å². The van der Waals surface area contributed by atoms with E-state index in [-0.39, 0.29) is 12.2 Å². The molecule has 3 heterocycles. The highest BCUT2D eigenvalue weighted by molar-refractivity contribution is 7.19. The van der Waals surface area contributed by atoms with E-state index < -0.39 is 5.97 Å². The maximum absolute atomic E-state index is 11.9. The largest absolute Gasteiger partial charge is 0.454 e. The summed E-state index contributed by atoms with van der Waals surface area (Å²) >= 11 is 2.82. The lowest BCUT2D eigenvalue weighted by atomic mass is 10.3. The van der Waals surface area contributed by atoms with E-state index in [0.29, 0.717) is 16.0 Å². The van der Waals surface area contributed by atoms with Gasteiger partial charge in [0.15, 0.2) is 0 Å². The zero-order valence-electron chi connectivity index (χ0n) is 12.8. The number of benzene rings is 1. The SMILES string of the molecule is O=C(C=Cc1nc2ccccc2s1)OCc1nc2ccsc2c(=O)[nH]1. The summed E-state index contributed by atoms with van der Waals surface area (Å²) in [7, 11) is 0. The summed E-state index contributed by atoms with van der Waals surface area (Å²) in [5.41, 5.74) is 1.27. The smallest absolute Gasteiger partial charge is 0.331 e. The third kappa shape index (κ3) is 3.35. The Labute approximate surface area is 149 Å². The number of nitrogens with one attached hydrogen (secondary N) is 1. The molecule has 3 aromatic heterocycles. The fourth-order valence-electron chi connectivity index (χ4n) is 2.28. The van der Waals surface area contributed by atoms with Crippen molar-refractivity contribution in [3.63, 3.8) is 0 Å². The molecule has 0 bridgehead atoms. The standard InChI is InChI=1S/C17H11N3O3S2/c21-15(6-5-14-19-10-3-1-2-4-12(10)25-14)23-9-13-18-11-7-8-24-16(11)17(22)20-13/h1-8H,9H2,(H,18,20,22). The molecular formula is C17H11N3O3S2. The van der Waals surface area contributed by atoms with E-state index in [4.69, 9.17) is 4.74 Å². The van der Waals surface area contributed by atoms with Crippen LogP contribution in [0.25, 0.3) is 26.5 Å². The van der Waals surface area contributed by atoms with E-state index in [1.165, 1.54) is 28.7 Å². The second-order valence-electron chi connectivity index (χ2n) is 5.11. The Morgan fingerprint density at radius 1 is 1.20 bits per heavy atom. The number of aromatic amines is 1. The van der Waals surface area contributed by atoms with Gasteiger partial charge in [0.05, 0.1) is 15.7 Å². The van der Waals surface area contributed by atoms with Gasteiger partial charge in [-0.15, -0.1) is 22.7 Å². The van der Waals surface area contributed by atoms with Crippen molar-refractivity contribution in [1.82, 2.24) is 15.0 Å². The van der Waals surface area contributed by atoms with Gasteiger partial charge in [0.2, 0.25) is 0 Å². The van der Waals surface area contributed by atoms with E-state index in [2.05, 4.69) is 15.0 Å². The fourth-order valence-corrected chi connectivity index (χ4v) is 3.87. The number of H-pyrrole nitrogens is 1. The van der Waals surface area contributed by atoms with Crippen LogP contribution in [0.3, 0.4) is 0 Å². The van der Waals surface area contributed by atoms with Crippen LogP contribution in [0.15, 0.2) is 46.6 Å². The third-order valence-electron chi connectivity index (χ3n) is 3.39. The first-order chi connectivity index (χ1) is 12.2. The van der Waals surface area contributed by atoms with Crippen LogP contribution in [0.4, 0.5) is 0 Å². The molecule has 0 spiro atoms. The Bertz CT molecular complexity index is 1120. The van der Waals surface area contributed by atoms with Crippen LogP contribution in [-0.2, 0) is 16.1 Å². The first-order valence-corrected chi connectivity index (χ1v) is 9.05. The lowest BCUT2D eigenvalue weighted by Crippen LogP contribution is -2.12. The number of thiazole rings is 1. The van der Waals surface area contributed by atoms with Crippen molar-refractivity contribution in [1.29, 1.82) is 0 Å². The van der Waals surface area contributed by atoms with Crippen molar-refractivity contribution in [2.45, 2.75) is 6.61 Å². The molecule has 0 aliphatic carbocycles. The molecule has 0 aliphatic rings. The number of hydrogen-bond donors (Lipinski definition) is 1. The van der Waals surface area contributed by atoms with Crippen molar-refractivity contribution in [2.24, 2.45) is 0 Å². The summed E-state index contributed by atoms with van der Waals surface area (Å²) in [6.45, 7) is -0.0932. The van der Waals surface area contributed by atoms with E-state index in [9.17, 15) is 9.59 Å². The number of hydrogen-bond acceptors (Lipinski definition) is 7. The van der Waals surface area contributed by atoms with Crippen molar-refractivity contribution in [2.75, 3.05) is 0 Å². The van der Waals surface area contributed by atoms with Gasteiger partial charge < -0.3 is 9.72 Å². The first kappa shape index (κ1) is 15.7. The normalized spacial score (nSPS) is 11.5.